The molecule has 0 amide bonds. The predicted molar refractivity (Wildman–Crippen MR) is 202 cm³/mol. The topological polar surface area (TPSA) is 16.4 Å². The van der Waals surface area contributed by atoms with Crippen LogP contribution in [0.3, 0.4) is 0 Å². The van der Waals surface area contributed by atoms with Crippen molar-refractivity contribution in [1.82, 2.24) is 0 Å². The molecule has 0 aliphatic carbocycles. The lowest BCUT2D eigenvalue weighted by molar-refractivity contribution is 0.670. The summed E-state index contributed by atoms with van der Waals surface area (Å²) in [6.07, 6.45) is 0. The number of hydrogen-bond donors (Lipinski definition) is 0. The summed E-state index contributed by atoms with van der Waals surface area (Å²) in [6, 6.07) is 66.7. The molecule has 1 heterocycles. The van der Waals surface area contributed by atoms with Gasteiger partial charge in [0.15, 0.2) is 0 Å². The van der Waals surface area contributed by atoms with Crippen molar-refractivity contribution in [3.05, 3.63) is 188 Å². The fourth-order valence-electron chi connectivity index (χ4n) is 6.91. The van der Waals surface area contributed by atoms with E-state index in [9.17, 15) is 0 Å². The highest BCUT2D eigenvalue weighted by molar-refractivity contribution is 6.18. The van der Waals surface area contributed by atoms with Crippen LogP contribution in [0.4, 0.5) is 17.1 Å². The van der Waals surface area contributed by atoms with Crippen molar-refractivity contribution >= 4 is 49.8 Å². The summed E-state index contributed by atoms with van der Waals surface area (Å²) in [5.41, 5.74) is 12.1. The van der Waals surface area contributed by atoms with Crippen LogP contribution in [-0.4, -0.2) is 0 Å². The van der Waals surface area contributed by atoms with Gasteiger partial charge in [-0.1, -0.05) is 140 Å². The van der Waals surface area contributed by atoms with E-state index in [1.807, 2.05) is 0 Å². The Balaban J connectivity index is 1.20. The van der Waals surface area contributed by atoms with Crippen LogP contribution in [0.15, 0.2) is 192 Å². The summed E-state index contributed by atoms with van der Waals surface area (Å²) < 4.78 is 6.75. The molecule has 9 rings (SSSR count). The molecule has 8 aromatic carbocycles. The molecule has 0 bridgehead atoms. The lowest BCUT2D eigenvalue weighted by Gasteiger charge is -2.25. The van der Waals surface area contributed by atoms with Gasteiger partial charge >= 0.3 is 0 Å². The Kier molecular flexibility index (Phi) is 6.84. The molecule has 0 unspecified atom stereocenters. The summed E-state index contributed by atoms with van der Waals surface area (Å²) in [5, 5.41) is 4.58. The van der Waals surface area contributed by atoms with E-state index in [-0.39, 0.29) is 0 Å². The fourth-order valence-corrected chi connectivity index (χ4v) is 6.91. The third-order valence-electron chi connectivity index (χ3n) is 9.25. The highest BCUT2D eigenvalue weighted by Crippen LogP contribution is 2.44. The normalized spacial score (nSPS) is 11.3. The summed E-state index contributed by atoms with van der Waals surface area (Å²) in [4.78, 5) is 2.32. The van der Waals surface area contributed by atoms with Gasteiger partial charge in [-0.05, 0) is 87.1 Å². The largest absolute Gasteiger partial charge is 0.455 e. The average molecular weight is 614 g/mol. The number of nitrogens with zero attached hydrogens (tertiary/aromatic N) is 1. The molecule has 0 aliphatic rings. The highest BCUT2D eigenvalue weighted by atomic mass is 16.3. The van der Waals surface area contributed by atoms with E-state index < -0.39 is 0 Å². The number of benzene rings is 8. The smallest absolute Gasteiger partial charge is 0.143 e. The molecule has 0 radical (unpaired) electrons. The third-order valence-corrected chi connectivity index (χ3v) is 9.25. The first-order valence-corrected chi connectivity index (χ1v) is 16.3. The zero-order chi connectivity index (χ0) is 31.9. The van der Waals surface area contributed by atoms with E-state index >= 15 is 0 Å². The number of para-hydroxylation sites is 1. The van der Waals surface area contributed by atoms with Gasteiger partial charge < -0.3 is 9.32 Å². The Labute approximate surface area is 279 Å². The van der Waals surface area contributed by atoms with Gasteiger partial charge in [0, 0.05) is 33.4 Å². The number of rotatable bonds is 6. The first kappa shape index (κ1) is 27.9. The van der Waals surface area contributed by atoms with E-state index in [2.05, 4.69) is 193 Å². The molecule has 0 N–H and O–H groups in total. The summed E-state index contributed by atoms with van der Waals surface area (Å²) in [6.45, 7) is 0. The monoisotopic (exact) mass is 613 g/mol. The molecule has 1 aromatic heterocycles. The average Bonchev–Trinajstić information content (AvgIpc) is 3.53. The van der Waals surface area contributed by atoms with E-state index in [1.54, 1.807) is 0 Å². The summed E-state index contributed by atoms with van der Waals surface area (Å²) in [7, 11) is 0. The minimum Gasteiger partial charge on any atom is -0.455 e. The number of furan rings is 1. The maximum absolute atomic E-state index is 6.75. The molecule has 48 heavy (non-hydrogen) atoms. The molecule has 0 fully saturated rings. The van der Waals surface area contributed by atoms with Gasteiger partial charge in [-0.3, -0.25) is 0 Å². The Hall–Kier alpha value is -6.38. The van der Waals surface area contributed by atoms with Crippen LogP contribution in [0.25, 0.3) is 66.1 Å². The van der Waals surface area contributed by atoms with Crippen LogP contribution >= 0.6 is 0 Å². The van der Waals surface area contributed by atoms with Crippen molar-refractivity contribution in [3.8, 4) is 33.4 Å². The van der Waals surface area contributed by atoms with Crippen LogP contribution in [0.5, 0.6) is 0 Å². The van der Waals surface area contributed by atoms with Crippen LogP contribution < -0.4 is 4.90 Å². The molecular formula is C46H31NO. The Morgan fingerprint density at radius 3 is 1.50 bits per heavy atom. The lowest BCUT2D eigenvalue weighted by atomic mass is 9.94. The van der Waals surface area contributed by atoms with E-state index in [0.29, 0.717) is 0 Å². The van der Waals surface area contributed by atoms with E-state index in [0.717, 1.165) is 50.1 Å². The standard InChI is InChI=1S/C46H31NO/c1-4-12-32(13-5-1)34-20-22-36(23-21-34)45-41-19-11-10-16-37(41)30-43-42-31-40(28-29-44(42)48-46(43)45)47(38-17-8-3-9-18-38)39-26-24-35(25-27-39)33-14-6-2-7-15-33/h1-31H. The number of fused-ring (bicyclic) bond motifs is 4. The molecular weight excluding hydrogens is 583 g/mol. The summed E-state index contributed by atoms with van der Waals surface area (Å²) >= 11 is 0. The van der Waals surface area contributed by atoms with Gasteiger partial charge in [0.05, 0.1) is 0 Å². The van der Waals surface area contributed by atoms with Gasteiger partial charge in [0.1, 0.15) is 11.2 Å². The quantitative estimate of drug-likeness (QED) is 0.185. The SMILES string of the molecule is c1ccc(-c2ccc(-c3c4ccccc4cc4c3oc3ccc(N(c5ccccc5)c5ccc(-c6ccccc6)cc5)cc34)cc2)cc1. The number of hydrogen-bond acceptors (Lipinski definition) is 2. The molecule has 0 saturated heterocycles. The predicted octanol–water partition coefficient (Wildman–Crippen LogP) is 13.2. The van der Waals surface area contributed by atoms with Gasteiger partial charge in [-0.15, -0.1) is 0 Å². The molecule has 2 heteroatoms. The van der Waals surface area contributed by atoms with Gasteiger partial charge in [0.2, 0.25) is 0 Å². The number of anilines is 3. The lowest BCUT2D eigenvalue weighted by Crippen LogP contribution is -2.09. The molecule has 0 saturated carbocycles. The van der Waals surface area contributed by atoms with Crippen molar-refractivity contribution < 1.29 is 4.42 Å². The molecule has 0 atom stereocenters. The minimum absolute atomic E-state index is 0.874. The van der Waals surface area contributed by atoms with Gasteiger partial charge in [-0.2, -0.15) is 0 Å². The fraction of sp³-hybridized carbons (Fsp3) is 0. The first-order chi connectivity index (χ1) is 23.8. The minimum atomic E-state index is 0.874. The van der Waals surface area contributed by atoms with Gasteiger partial charge in [0.25, 0.3) is 0 Å². The molecule has 226 valence electrons. The van der Waals surface area contributed by atoms with Crippen molar-refractivity contribution in [3.63, 3.8) is 0 Å². The van der Waals surface area contributed by atoms with Crippen molar-refractivity contribution in [2.24, 2.45) is 0 Å². The van der Waals surface area contributed by atoms with Crippen LogP contribution in [0, 0.1) is 0 Å². The van der Waals surface area contributed by atoms with Gasteiger partial charge in [-0.25, -0.2) is 0 Å². The molecule has 2 nitrogen and oxygen atoms in total. The molecule has 9 aromatic rings. The van der Waals surface area contributed by atoms with Crippen molar-refractivity contribution in [2.45, 2.75) is 0 Å². The maximum Gasteiger partial charge on any atom is 0.143 e. The molecule has 0 spiro atoms. The third kappa shape index (κ3) is 4.92. The summed E-state index contributed by atoms with van der Waals surface area (Å²) in [5.74, 6) is 0. The van der Waals surface area contributed by atoms with E-state index in [4.69, 9.17) is 4.42 Å². The van der Waals surface area contributed by atoms with Crippen LogP contribution in [-0.2, 0) is 0 Å². The second kappa shape index (κ2) is 11.8. The first-order valence-electron chi connectivity index (χ1n) is 16.3. The second-order valence-corrected chi connectivity index (χ2v) is 12.2. The maximum atomic E-state index is 6.75. The zero-order valence-electron chi connectivity index (χ0n) is 26.3. The van der Waals surface area contributed by atoms with E-state index in [1.165, 1.54) is 33.0 Å². The Morgan fingerprint density at radius 2 is 0.833 bits per heavy atom. The Bertz CT molecular complexity index is 2520. The van der Waals surface area contributed by atoms with Crippen LogP contribution in [0.2, 0.25) is 0 Å². The Morgan fingerprint density at radius 1 is 0.333 bits per heavy atom. The zero-order valence-corrected chi connectivity index (χ0v) is 26.3. The van der Waals surface area contributed by atoms with Crippen LogP contribution in [0.1, 0.15) is 0 Å². The second-order valence-electron chi connectivity index (χ2n) is 12.2. The van der Waals surface area contributed by atoms with Crippen molar-refractivity contribution in [2.75, 3.05) is 4.90 Å². The highest BCUT2D eigenvalue weighted by Gasteiger charge is 2.19. The molecule has 0 aliphatic heterocycles. The van der Waals surface area contributed by atoms with Crippen molar-refractivity contribution in [1.29, 1.82) is 0 Å².